The van der Waals surface area contributed by atoms with Gasteiger partial charge in [-0.05, 0) is 15.9 Å². The number of hydrogen-bond donors (Lipinski definition) is 0. The van der Waals surface area contributed by atoms with E-state index in [-0.39, 0.29) is 5.41 Å². The van der Waals surface area contributed by atoms with Crippen molar-refractivity contribution in [2.45, 2.75) is 26.2 Å². The normalized spacial score (nSPS) is 12.1. The minimum atomic E-state index is 0.0975. The number of thiazole rings is 1. The molecule has 0 atom stereocenters. The Hall–Kier alpha value is 0.400. The van der Waals surface area contributed by atoms with E-state index in [9.17, 15) is 0 Å². The average Bonchev–Trinajstić information content (AvgIpc) is 2.11. The molecule has 1 heterocycles. The van der Waals surface area contributed by atoms with Crippen LogP contribution in [0, 0.1) is 0 Å². The Kier molecular flexibility index (Phi) is 2.62. The Morgan fingerprint density at radius 1 is 1.45 bits per heavy atom. The van der Waals surface area contributed by atoms with Gasteiger partial charge in [-0.15, -0.1) is 11.3 Å². The lowest BCUT2D eigenvalue weighted by Gasteiger charge is -2.13. The first-order valence-electron chi connectivity index (χ1n) is 3.23. The lowest BCUT2D eigenvalue weighted by molar-refractivity contribution is 0.585. The number of aromatic nitrogens is 1. The monoisotopic (exact) mass is 253 g/mol. The summed E-state index contributed by atoms with van der Waals surface area (Å²) in [5, 5.41) is 1.63. The molecule has 0 aliphatic heterocycles. The molecule has 11 heavy (non-hydrogen) atoms. The molecule has 0 aliphatic rings. The minimum Gasteiger partial charge on any atom is -0.228 e. The molecule has 1 rings (SSSR count). The molecule has 0 saturated heterocycles. The Balaban J connectivity index is 3.08. The van der Waals surface area contributed by atoms with Crippen LogP contribution in [0.15, 0.2) is 3.79 Å². The molecule has 0 saturated carbocycles. The zero-order chi connectivity index (χ0) is 8.65. The van der Waals surface area contributed by atoms with E-state index >= 15 is 0 Å². The molecule has 1 nitrogen and oxygen atoms in total. The lowest BCUT2D eigenvalue weighted by atomic mass is 9.98. The Morgan fingerprint density at radius 2 is 2.00 bits per heavy atom. The molecule has 1 aromatic heterocycles. The Labute approximate surface area is 83.9 Å². The van der Waals surface area contributed by atoms with Gasteiger partial charge < -0.3 is 0 Å². The van der Waals surface area contributed by atoms with Crippen LogP contribution in [-0.4, -0.2) is 4.98 Å². The van der Waals surface area contributed by atoms with Gasteiger partial charge in [0, 0.05) is 5.41 Å². The van der Waals surface area contributed by atoms with Crippen molar-refractivity contribution in [3.05, 3.63) is 13.9 Å². The van der Waals surface area contributed by atoms with Crippen molar-refractivity contribution in [1.29, 1.82) is 0 Å². The van der Waals surface area contributed by atoms with Crippen molar-refractivity contribution >= 4 is 38.9 Å². The smallest absolute Gasteiger partial charge is 0.154 e. The molecule has 1 aromatic rings. The maximum atomic E-state index is 5.79. The first-order chi connectivity index (χ1) is 4.91. The fraction of sp³-hybridized carbons (Fsp3) is 0.571. The van der Waals surface area contributed by atoms with E-state index < -0.39 is 0 Å². The summed E-state index contributed by atoms with van der Waals surface area (Å²) in [4.78, 5) is 4.22. The standard InChI is InChI=1S/C7H9BrClNS/c1-7(2,3)6-10-5(9)4(8)11-6/h1-3H3. The van der Waals surface area contributed by atoms with Crippen molar-refractivity contribution < 1.29 is 0 Å². The van der Waals surface area contributed by atoms with Crippen LogP contribution in [-0.2, 0) is 5.41 Å². The highest BCUT2D eigenvalue weighted by Crippen LogP contribution is 2.34. The highest BCUT2D eigenvalue weighted by atomic mass is 79.9. The van der Waals surface area contributed by atoms with Crippen LogP contribution in [0.1, 0.15) is 25.8 Å². The molecule has 0 unspecified atom stereocenters. The highest BCUT2D eigenvalue weighted by Gasteiger charge is 2.19. The molecule has 0 spiro atoms. The van der Waals surface area contributed by atoms with Crippen LogP contribution >= 0.6 is 38.9 Å². The van der Waals surface area contributed by atoms with Crippen molar-refractivity contribution in [1.82, 2.24) is 4.98 Å². The Morgan fingerprint density at radius 3 is 2.18 bits per heavy atom. The molecule has 0 aromatic carbocycles. The van der Waals surface area contributed by atoms with E-state index in [0.29, 0.717) is 5.15 Å². The largest absolute Gasteiger partial charge is 0.228 e. The maximum absolute atomic E-state index is 5.79. The van der Waals surface area contributed by atoms with Crippen molar-refractivity contribution in [3.63, 3.8) is 0 Å². The van der Waals surface area contributed by atoms with Gasteiger partial charge in [0.25, 0.3) is 0 Å². The summed E-state index contributed by atoms with van der Waals surface area (Å²) in [6, 6.07) is 0. The third-order valence-corrected chi connectivity index (χ3v) is 3.93. The van der Waals surface area contributed by atoms with Gasteiger partial charge in [0.05, 0.1) is 0 Å². The second kappa shape index (κ2) is 3.04. The second-order valence-corrected chi connectivity index (χ2v) is 6.01. The summed E-state index contributed by atoms with van der Waals surface area (Å²) in [6.07, 6.45) is 0. The van der Waals surface area contributed by atoms with Gasteiger partial charge in [-0.1, -0.05) is 32.4 Å². The fourth-order valence-electron chi connectivity index (χ4n) is 0.604. The van der Waals surface area contributed by atoms with Gasteiger partial charge in [0.2, 0.25) is 0 Å². The van der Waals surface area contributed by atoms with E-state index in [2.05, 4.69) is 41.7 Å². The third-order valence-electron chi connectivity index (χ3n) is 1.19. The van der Waals surface area contributed by atoms with E-state index in [1.807, 2.05) is 0 Å². The summed E-state index contributed by atoms with van der Waals surface area (Å²) in [6.45, 7) is 6.36. The van der Waals surface area contributed by atoms with Gasteiger partial charge in [-0.3, -0.25) is 0 Å². The number of halogens is 2. The molecule has 62 valence electrons. The quantitative estimate of drug-likeness (QED) is 0.685. The van der Waals surface area contributed by atoms with E-state index in [4.69, 9.17) is 11.6 Å². The molecule has 0 amide bonds. The number of nitrogens with zero attached hydrogens (tertiary/aromatic N) is 1. The average molecular weight is 255 g/mol. The number of rotatable bonds is 0. The van der Waals surface area contributed by atoms with Crippen molar-refractivity contribution in [2.24, 2.45) is 0 Å². The first-order valence-corrected chi connectivity index (χ1v) is 5.22. The summed E-state index contributed by atoms with van der Waals surface area (Å²) < 4.78 is 0.920. The molecule has 0 fully saturated rings. The molecule has 4 heteroatoms. The van der Waals surface area contributed by atoms with Gasteiger partial charge in [0.15, 0.2) is 5.15 Å². The third kappa shape index (κ3) is 2.17. The van der Waals surface area contributed by atoms with Crippen LogP contribution < -0.4 is 0 Å². The molecule has 0 radical (unpaired) electrons. The summed E-state index contributed by atoms with van der Waals surface area (Å²) in [5.74, 6) is 0. The minimum absolute atomic E-state index is 0.0975. The predicted octanol–water partition coefficient (Wildman–Crippen LogP) is 3.86. The van der Waals surface area contributed by atoms with Gasteiger partial charge in [-0.25, -0.2) is 4.98 Å². The van der Waals surface area contributed by atoms with Crippen molar-refractivity contribution in [2.75, 3.05) is 0 Å². The van der Waals surface area contributed by atoms with Crippen LogP contribution in [0.5, 0.6) is 0 Å². The van der Waals surface area contributed by atoms with Crippen LogP contribution in [0.4, 0.5) is 0 Å². The molecule has 0 N–H and O–H groups in total. The topological polar surface area (TPSA) is 12.9 Å². The second-order valence-electron chi connectivity index (χ2n) is 3.33. The van der Waals surface area contributed by atoms with E-state index in [0.717, 1.165) is 8.79 Å². The number of hydrogen-bond acceptors (Lipinski definition) is 2. The van der Waals surface area contributed by atoms with Crippen LogP contribution in [0.3, 0.4) is 0 Å². The zero-order valence-electron chi connectivity index (χ0n) is 6.61. The summed E-state index contributed by atoms with van der Waals surface area (Å²) in [7, 11) is 0. The van der Waals surface area contributed by atoms with Gasteiger partial charge >= 0.3 is 0 Å². The molecular weight excluding hydrogens is 246 g/mol. The van der Waals surface area contributed by atoms with Gasteiger partial charge in [-0.2, -0.15) is 0 Å². The molecule has 0 aliphatic carbocycles. The first kappa shape index (κ1) is 9.49. The molecular formula is C7H9BrClNS. The van der Waals surface area contributed by atoms with Crippen LogP contribution in [0.2, 0.25) is 5.15 Å². The summed E-state index contributed by atoms with van der Waals surface area (Å²) >= 11 is 10.7. The van der Waals surface area contributed by atoms with E-state index in [1.165, 1.54) is 0 Å². The fourth-order valence-corrected chi connectivity index (χ4v) is 2.15. The maximum Gasteiger partial charge on any atom is 0.154 e. The SMILES string of the molecule is CC(C)(C)c1nc(Cl)c(Br)s1. The van der Waals surface area contributed by atoms with Gasteiger partial charge in [0.1, 0.15) is 8.79 Å². The zero-order valence-corrected chi connectivity index (χ0v) is 9.77. The summed E-state index contributed by atoms with van der Waals surface area (Å²) in [5.41, 5.74) is 0.0975. The van der Waals surface area contributed by atoms with E-state index in [1.54, 1.807) is 11.3 Å². The predicted molar refractivity (Wildman–Crippen MR) is 53.5 cm³/mol. The Bertz CT molecular complexity index is 244. The lowest BCUT2D eigenvalue weighted by Crippen LogP contribution is -2.09. The van der Waals surface area contributed by atoms with Crippen molar-refractivity contribution in [3.8, 4) is 0 Å². The molecule has 0 bridgehead atoms. The van der Waals surface area contributed by atoms with Crippen LogP contribution in [0.25, 0.3) is 0 Å². The highest BCUT2D eigenvalue weighted by molar-refractivity contribution is 9.11.